The number of urea groups is 1. The van der Waals surface area contributed by atoms with Gasteiger partial charge in [-0.25, -0.2) is 9.18 Å². The fourth-order valence-electron chi connectivity index (χ4n) is 1.44. The first-order chi connectivity index (χ1) is 7.69. The third-order valence-corrected chi connectivity index (χ3v) is 2.44. The standard InChI is InChI=1S/C10H12FN3O2/c11-7-2-8(4-12-3-7)13-10(16)14-9-1-6(9)5-15/h2-4,6,9,15H,1,5H2,(H2,13,14,16)/t6-,9+/m0/s1. The first-order valence-electron chi connectivity index (χ1n) is 4.98. The number of rotatable bonds is 3. The van der Waals surface area contributed by atoms with Crippen LogP contribution in [0.2, 0.25) is 0 Å². The number of halogens is 1. The normalized spacial score (nSPS) is 22.6. The minimum Gasteiger partial charge on any atom is -0.396 e. The minimum atomic E-state index is -0.502. The number of pyridine rings is 1. The topological polar surface area (TPSA) is 74.2 Å². The average molecular weight is 225 g/mol. The summed E-state index contributed by atoms with van der Waals surface area (Å²) in [5.74, 6) is -0.353. The first-order valence-corrected chi connectivity index (χ1v) is 4.98. The lowest BCUT2D eigenvalue weighted by atomic mass is 10.4. The molecule has 6 heteroatoms. The molecule has 86 valence electrons. The number of aliphatic hydroxyl groups excluding tert-OH is 1. The van der Waals surface area contributed by atoms with Crippen LogP contribution in [0.15, 0.2) is 18.5 Å². The van der Waals surface area contributed by atoms with Gasteiger partial charge >= 0.3 is 6.03 Å². The highest BCUT2D eigenvalue weighted by atomic mass is 19.1. The lowest BCUT2D eigenvalue weighted by Gasteiger charge is -2.06. The summed E-state index contributed by atoms with van der Waals surface area (Å²) >= 11 is 0. The summed E-state index contributed by atoms with van der Waals surface area (Å²) in [6.07, 6.45) is 3.20. The third kappa shape index (κ3) is 2.66. The molecule has 0 radical (unpaired) electrons. The van der Waals surface area contributed by atoms with Crippen molar-refractivity contribution < 1.29 is 14.3 Å². The molecule has 1 saturated carbocycles. The van der Waals surface area contributed by atoms with Gasteiger partial charge < -0.3 is 15.7 Å². The van der Waals surface area contributed by atoms with E-state index in [1.807, 2.05) is 0 Å². The predicted octanol–water partition coefficient (Wildman–Crippen LogP) is 0.723. The molecule has 16 heavy (non-hydrogen) atoms. The monoisotopic (exact) mass is 225 g/mol. The number of nitrogens with zero attached hydrogens (tertiary/aromatic N) is 1. The molecular formula is C10H12FN3O2. The van der Waals surface area contributed by atoms with Gasteiger partial charge in [-0.3, -0.25) is 4.98 Å². The van der Waals surface area contributed by atoms with Crippen LogP contribution in [0.5, 0.6) is 0 Å². The summed E-state index contributed by atoms with van der Waals surface area (Å²) in [4.78, 5) is 15.0. The van der Waals surface area contributed by atoms with E-state index in [-0.39, 0.29) is 18.6 Å². The Morgan fingerprint density at radius 2 is 2.44 bits per heavy atom. The van der Waals surface area contributed by atoms with E-state index in [1.165, 1.54) is 12.3 Å². The molecule has 3 N–H and O–H groups in total. The highest BCUT2D eigenvalue weighted by Crippen LogP contribution is 2.29. The van der Waals surface area contributed by atoms with Crippen molar-refractivity contribution in [3.63, 3.8) is 0 Å². The van der Waals surface area contributed by atoms with Crippen LogP contribution in [0.1, 0.15) is 6.42 Å². The zero-order chi connectivity index (χ0) is 11.5. The van der Waals surface area contributed by atoms with Crippen molar-refractivity contribution in [2.45, 2.75) is 12.5 Å². The molecule has 1 heterocycles. The maximum absolute atomic E-state index is 12.7. The van der Waals surface area contributed by atoms with Crippen LogP contribution in [0.4, 0.5) is 14.9 Å². The fourth-order valence-corrected chi connectivity index (χ4v) is 1.44. The number of nitrogens with one attached hydrogen (secondary N) is 2. The predicted molar refractivity (Wildman–Crippen MR) is 55.3 cm³/mol. The molecule has 0 aromatic carbocycles. The number of carbonyl (C=O) groups is 1. The Morgan fingerprint density at radius 3 is 3.06 bits per heavy atom. The number of aliphatic hydroxyl groups is 1. The first kappa shape index (κ1) is 10.8. The lowest BCUT2D eigenvalue weighted by Crippen LogP contribution is -2.31. The molecule has 2 atom stereocenters. The van der Waals surface area contributed by atoms with Gasteiger partial charge in [0.05, 0.1) is 18.1 Å². The number of hydrogen-bond donors (Lipinski definition) is 3. The molecule has 1 aliphatic carbocycles. The number of hydrogen-bond acceptors (Lipinski definition) is 3. The van der Waals surface area contributed by atoms with Crippen molar-refractivity contribution in [2.75, 3.05) is 11.9 Å². The zero-order valence-corrected chi connectivity index (χ0v) is 8.48. The van der Waals surface area contributed by atoms with E-state index in [0.717, 1.165) is 12.6 Å². The van der Waals surface area contributed by atoms with Gasteiger partial charge in [0.2, 0.25) is 0 Å². The van der Waals surface area contributed by atoms with E-state index in [2.05, 4.69) is 15.6 Å². The molecule has 0 aliphatic heterocycles. The van der Waals surface area contributed by atoms with E-state index in [1.54, 1.807) is 0 Å². The van der Waals surface area contributed by atoms with Gasteiger partial charge in [0.1, 0.15) is 5.82 Å². The van der Waals surface area contributed by atoms with E-state index in [4.69, 9.17) is 5.11 Å². The summed E-state index contributed by atoms with van der Waals surface area (Å²) < 4.78 is 12.7. The Bertz CT molecular complexity index is 399. The Morgan fingerprint density at radius 1 is 1.62 bits per heavy atom. The average Bonchev–Trinajstić information content (AvgIpc) is 2.96. The van der Waals surface area contributed by atoms with Gasteiger partial charge in [-0.2, -0.15) is 0 Å². The van der Waals surface area contributed by atoms with Crippen molar-refractivity contribution in [3.05, 3.63) is 24.3 Å². The molecule has 0 unspecified atom stereocenters. The van der Waals surface area contributed by atoms with E-state index >= 15 is 0 Å². The number of carbonyl (C=O) groups excluding carboxylic acids is 1. The summed E-state index contributed by atoms with van der Waals surface area (Å²) in [6, 6.07) is 0.795. The smallest absolute Gasteiger partial charge is 0.319 e. The van der Waals surface area contributed by atoms with E-state index in [0.29, 0.717) is 5.69 Å². The molecule has 1 aromatic rings. The molecule has 1 aliphatic rings. The molecule has 2 rings (SSSR count). The fraction of sp³-hybridized carbons (Fsp3) is 0.400. The molecule has 1 fully saturated rings. The van der Waals surface area contributed by atoms with Crippen LogP contribution >= 0.6 is 0 Å². The van der Waals surface area contributed by atoms with Crippen LogP contribution < -0.4 is 10.6 Å². The van der Waals surface area contributed by atoms with Crippen LogP contribution in [0.3, 0.4) is 0 Å². The SMILES string of the molecule is O=C(Nc1cncc(F)c1)N[C@@H]1C[C@H]1CO. The molecule has 2 amide bonds. The van der Waals surface area contributed by atoms with Crippen LogP contribution in [-0.2, 0) is 0 Å². The van der Waals surface area contributed by atoms with Crippen LogP contribution in [0.25, 0.3) is 0 Å². The minimum absolute atomic E-state index is 0.0199. The lowest BCUT2D eigenvalue weighted by molar-refractivity contribution is 0.247. The van der Waals surface area contributed by atoms with Gasteiger partial charge in [-0.1, -0.05) is 0 Å². The second kappa shape index (κ2) is 4.44. The quantitative estimate of drug-likeness (QED) is 0.709. The number of amides is 2. The van der Waals surface area contributed by atoms with Gasteiger partial charge in [0.15, 0.2) is 0 Å². The Balaban J connectivity index is 1.83. The maximum Gasteiger partial charge on any atom is 0.319 e. The maximum atomic E-state index is 12.7. The molecule has 0 bridgehead atoms. The molecule has 5 nitrogen and oxygen atoms in total. The number of anilines is 1. The molecular weight excluding hydrogens is 213 g/mol. The number of aromatic nitrogens is 1. The highest BCUT2D eigenvalue weighted by molar-refractivity contribution is 5.89. The summed E-state index contributed by atoms with van der Waals surface area (Å²) in [5.41, 5.74) is 0.304. The van der Waals surface area contributed by atoms with E-state index in [9.17, 15) is 9.18 Å². The second-order valence-corrected chi connectivity index (χ2v) is 3.78. The summed E-state index contributed by atoms with van der Waals surface area (Å²) in [5, 5.41) is 13.9. The van der Waals surface area contributed by atoms with Crippen LogP contribution in [0, 0.1) is 11.7 Å². The van der Waals surface area contributed by atoms with Gasteiger partial charge in [-0.05, 0) is 6.42 Å². The van der Waals surface area contributed by atoms with Crippen LogP contribution in [-0.4, -0.2) is 28.8 Å². The van der Waals surface area contributed by atoms with Gasteiger partial charge in [0, 0.05) is 24.6 Å². The van der Waals surface area contributed by atoms with Crippen molar-refractivity contribution in [1.29, 1.82) is 0 Å². The molecule has 0 saturated heterocycles. The van der Waals surface area contributed by atoms with Crippen molar-refractivity contribution in [2.24, 2.45) is 5.92 Å². The van der Waals surface area contributed by atoms with Crippen molar-refractivity contribution >= 4 is 11.7 Å². The van der Waals surface area contributed by atoms with Gasteiger partial charge in [0.25, 0.3) is 0 Å². The third-order valence-electron chi connectivity index (χ3n) is 2.44. The zero-order valence-electron chi connectivity index (χ0n) is 8.48. The summed E-state index contributed by atoms with van der Waals surface area (Å²) in [6.45, 7) is 0.0759. The largest absolute Gasteiger partial charge is 0.396 e. The van der Waals surface area contributed by atoms with Crippen molar-refractivity contribution in [3.8, 4) is 0 Å². The Kier molecular flexibility index (Phi) is 3.00. The molecule has 0 spiro atoms. The van der Waals surface area contributed by atoms with Crippen molar-refractivity contribution in [1.82, 2.24) is 10.3 Å². The molecule has 1 aromatic heterocycles. The Hall–Kier alpha value is -1.69. The van der Waals surface area contributed by atoms with E-state index < -0.39 is 11.8 Å². The van der Waals surface area contributed by atoms with Gasteiger partial charge in [-0.15, -0.1) is 0 Å². The highest BCUT2D eigenvalue weighted by Gasteiger charge is 2.37. The summed E-state index contributed by atoms with van der Waals surface area (Å²) in [7, 11) is 0. The Labute approximate surface area is 91.7 Å². The second-order valence-electron chi connectivity index (χ2n) is 3.78.